The molecule has 1 N–H and O–H groups in total. The van der Waals surface area contributed by atoms with E-state index in [1.807, 2.05) is 39.8 Å². The molecule has 0 spiro atoms. The topological polar surface area (TPSA) is 62.6 Å². The number of rotatable bonds is 4. The number of nitrogens with one attached hydrogen (secondary N) is 1. The molecule has 5 heteroatoms. The van der Waals surface area contributed by atoms with Crippen LogP contribution in [0.5, 0.6) is 0 Å². The molecule has 0 bridgehead atoms. The molecule has 21 heavy (non-hydrogen) atoms. The minimum atomic E-state index is -0.320. The molecule has 1 saturated heterocycles. The van der Waals surface area contributed by atoms with E-state index in [-0.39, 0.29) is 23.1 Å². The van der Waals surface area contributed by atoms with Crippen molar-refractivity contribution < 1.29 is 14.0 Å². The zero-order valence-corrected chi connectivity index (χ0v) is 13.2. The summed E-state index contributed by atoms with van der Waals surface area (Å²) in [6.07, 6.45) is 1.04. The summed E-state index contributed by atoms with van der Waals surface area (Å²) in [5, 5.41) is 3.12. The van der Waals surface area contributed by atoms with Crippen LogP contribution in [0.4, 0.5) is 5.88 Å². The van der Waals surface area contributed by atoms with Crippen molar-refractivity contribution in [3.8, 4) is 0 Å². The molecule has 0 aliphatic carbocycles. The fourth-order valence-electron chi connectivity index (χ4n) is 2.30. The van der Waals surface area contributed by atoms with Crippen molar-refractivity contribution in [1.82, 2.24) is 5.32 Å². The van der Waals surface area contributed by atoms with Crippen LogP contribution in [0.15, 0.2) is 16.5 Å². The highest BCUT2D eigenvalue weighted by Gasteiger charge is 2.28. The lowest BCUT2D eigenvalue weighted by atomic mass is 9.88. The Labute approximate surface area is 125 Å². The standard InChI is InChI=1S/C16H24N2O3/c1-11-15(20)18(10-9-17-11)14-8-6-12(21-14)5-7-13(19)16(2,3)4/h6,8,11,17H,5,7,9-10H2,1-4H3. The Morgan fingerprint density at radius 3 is 2.81 bits per heavy atom. The van der Waals surface area contributed by atoms with Crippen LogP contribution in [0.1, 0.15) is 39.9 Å². The highest BCUT2D eigenvalue weighted by atomic mass is 16.4. The van der Waals surface area contributed by atoms with Crippen LogP contribution < -0.4 is 10.2 Å². The van der Waals surface area contributed by atoms with Crippen molar-refractivity contribution in [2.75, 3.05) is 18.0 Å². The van der Waals surface area contributed by atoms with Gasteiger partial charge in [0.25, 0.3) is 0 Å². The summed E-state index contributed by atoms with van der Waals surface area (Å²) in [6, 6.07) is 3.48. The summed E-state index contributed by atoms with van der Waals surface area (Å²) >= 11 is 0. The van der Waals surface area contributed by atoms with Gasteiger partial charge in [-0.25, -0.2) is 0 Å². The normalized spacial score (nSPS) is 19.9. The van der Waals surface area contributed by atoms with Gasteiger partial charge in [-0.05, 0) is 13.0 Å². The van der Waals surface area contributed by atoms with E-state index in [1.54, 1.807) is 4.90 Å². The Bertz CT molecular complexity index is 528. The first-order chi connectivity index (χ1) is 9.79. The number of carbonyl (C=O) groups excluding carboxylic acids is 2. The molecular formula is C16H24N2O3. The van der Waals surface area contributed by atoms with Crippen LogP contribution in [-0.2, 0) is 16.0 Å². The van der Waals surface area contributed by atoms with E-state index in [9.17, 15) is 9.59 Å². The summed E-state index contributed by atoms with van der Waals surface area (Å²) < 4.78 is 5.73. The molecule has 0 radical (unpaired) electrons. The number of amides is 1. The number of piperazine rings is 1. The molecule has 1 aliphatic rings. The van der Waals surface area contributed by atoms with Gasteiger partial charge in [0.05, 0.1) is 6.04 Å². The second kappa shape index (κ2) is 6.02. The van der Waals surface area contributed by atoms with Crippen molar-refractivity contribution in [1.29, 1.82) is 0 Å². The fourth-order valence-corrected chi connectivity index (χ4v) is 2.30. The van der Waals surface area contributed by atoms with Crippen LogP contribution in [0.3, 0.4) is 0 Å². The number of anilines is 1. The molecule has 2 heterocycles. The number of hydrogen-bond donors (Lipinski definition) is 1. The number of Topliss-reactive ketones (excluding diaryl/α,β-unsaturated/α-hetero) is 1. The summed E-state index contributed by atoms with van der Waals surface area (Å²) in [5.74, 6) is 1.56. The first kappa shape index (κ1) is 15.8. The lowest BCUT2D eigenvalue weighted by Crippen LogP contribution is -2.53. The largest absolute Gasteiger partial charge is 0.445 e. The van der Waals surface area contributed by atoms with E-state index >= 15 is 0 Å². The summed E-state index contributed by atoms with van der Waals surface area (Å²) in [6.45, 7) is 8.97. The van der Waals surface area contributed by atoms with Gasteiger partial charge in [0.2, 0.25) is 11.8 Å². The molecule has 1 aromatic rings. The zero-order chi connectivity index (χ0) is 15.6. The number of nitrogens with zero attached hydrogens (tertiary/aromatic N) is 1. The molecule has 0 saturated carbocycles. The lowest BCUT2D eigenvalue weighted by molar-refractivity contribution is -0.126. The molecule has 1 unspecified atom stereocenters. The van der Waals surface area contributed by atoms with Crippen molar-refractivity contribution in [2.45, 2.75) is 46.6 Å². The Morgan fingerprint density at radius 1 is 1.43 bits per heavy atom. The Balaban J connectivity index is 1.98. The van der Waals surface area contributed by atoms with Crippen molar-refractivity contribution in [3.05, 3.63) is 17.9 Å². The van der Waals surface area contributed by atoms with Gasteiger partial charge in [-0.15, -0.1) is 0 Å². The van der Waals surface area contributed by atoms with E-state index in [0.29, 0.717) is 25.3 Å². The third kappa shape index (κ3) is 3.73. The summed E-state index contributed by atoms with van der Waals surface area (Å²) in [5.41, 5.74) is -0.320. The average molecular weight is 292 g/mol. The predicted octanol–water partition coefficient (Wildman–Crippen LogP) is 2.15. The number of furan rings is 1. The van der Waals surface area contributed by atoms with Gasteiger partial charge in [0.1, 0.15) is 11.5 Å². The van der Waals surface area contributed by atoms with Crippen molar-refractivity contribution >= 4 is 17.6 Å². The molecule has 5 nitrogen and oxygen atoms in total. The molecule has 116 valence electrons. The van der Waals surface area contributed by atoms with E-state index < -0.39 is 0 Å². The molecule has 0 aromatic carbocycles. The van der Waals surface area contributed by atoms with E-state index in [0.717, 1.165) is 12.3 Å². The molecule has 1 atom stereocenters. The van der Waals surface area contributed by atoms with Crippen LogP contribution in [0.25, 0.3) is 0 Å². The summed E-state index contributed by atoms with van der Waals surface area (Å²) in [4.78, 5) is 25.7. The molecule has 1 fully saturated rings. The van der Waals surface area contributed by atoms with E-state index in [1.165, 1.54) is 0 Å². The van der Waals surface area contributed by atoms with E-state index in [2.05, 4.69) is 5.32 Å². The van der Waals surface area contributed by atoms with Gasteiger partial charge in [-0.1, -0.05) is 20.8 Å². The van der Waals surface area contributed by atoms with Gasteiger partial charge >= 0.3 is 0 Å². The van der Waals surface area contributed by atoms with Gasteiger partial charge in [-0.3, -0.25) is 14.5 Å². The summed E-state index contributed by atoms with van der Waals surface area (Å²) in [7, 11) is 0. The maximum Gasteiger partial charge on any atom is 0.246 e. The first-order valence-corrected chi connectivity index (χ1v) is 7.46. The van der Waals surface area contributed by atoms with Crippen LogP contribution in [0.2, 0.25) is 0 Å². The quantitative estimate of drug-likeness (QED) is 0.923. The maximum absolute atomic E-state index is 12.1. The second-order valence-corrected chi connectivity index (χ2v) is 6.58. The van der Waals surface area contributed by atoms with Crippen LogP contribution in [0, 0.1) is 5.41 Å². The molecule has 1 aliphatic heterocycles. The van der Waals surface area contributed by atoms with Gasteiger partial charge < -0.3 is 9.73 Å². The molecule has 1 aromatic heterocycles. The molecular weight excluding hydrogens is 268 g/mol. The lowest BCUT2D eigenvalue weighted by Gasteiger charge is -2.29. The van der Waals surface area contributed by atoms with E-state index in [4.69, 9.17) is 4.42 Å². The number of aryl methyl sites for hydroxylation is 1. The third-order valence-corrected chi connectivity index (χ3v) is 3.77. The van der Waals surface area contributed by atoms with Crippen molar-refractivity contribution in [2.24, 2.45) is 5.41 Å². The highest BCUT2D eigenvalue weighted by Crippen LogP contribution is 2.23. The Morgan fingerprint density at radius 2 is 2.14 bits per heavy atom. The smallest absolute Gasteiger partial charge is 0.246 e. The first-order valence-electron chi connectivity index (χ1n) is 7.46. The zero-order valence-electron chi connectivity index (χ0n) is 13.2. The van der Waals surface area contributed by atoms with Crippen LogP contribution >= 0.6 is 0 Å². The predicted molar refractivity (Wildman–Crippen MR) is 81.3 cm³/mol. The Hall–Kier alpha value is -1.62. The highest BCUT2D eigenvalue weighted by molar-refractivity contribution is 5.96. The molecule has 2 rings (SSSR count). The van der Waals surface area contributed by atoms with Gasteiger partial charge in [0, 0.05) is 37.4 Å². The second-order valence-electron chi connectivity index (χ2n) is 6.58. The van der Waals surface area contributed by atoms with Gasteiger partial charge in [0.15, 0.2) is 0 Å². The minimum Gasteiger partial charge on any atom is -0.445 e. The third-order valence-electron chi connectivity index (χ3n) is 3.77. The number of ketones is 1. The number of hydrogen-bond acceptors (Lipinski definition) is 4. The van der Waals surface area contributed by atoms with Crippen LogP contribution in [-0.4, -0.2) is 30.8 Å². The number of carbonyl (C=O) groups is 2. The van der Waals surface area contributed by atoms with Gasteiger partial charge in [-0.2, -0.15) is 0 Å². The molecule has 1 amide bonds. The fraction of sp³-hybridized carbons (Fsp3) is 0.625. The Kier molecular flexibility index (Phi) is 4.52. The maximum atomic E-state index is 12.1. The monoisotopic (exact) mass is 292 g/mol. The average Bonchev–Trinajstić information content (AvgIpc) is 2.86. The van der Waals surface area contributed by atoms with Crippen molar-refractivity contribution in [3.63, 3.8) is 0 Å². The SMILES string of the molecule is CC1NCCN(c2ccc(CCC(=O)C(C)(C)C)o2)C1=O. The minimum absolute atomic E-state index is 0.0212.